The first kappa shape index (κ1) is 28.0. The molecule has 4 atom stereocenters. The number of hydrogen-bond acceptors (Lipinski definition) is 6. The molecule has 40 heavy (non-hydrogen) atoms. The number of carbonyl (C=O) groups is 2. The number of hydrogen-bond donors (Lipinski definition) is 3. The van der Waals surface area contributed by atoms with Crippen molar-refractivity contribution in [3.05, 3.63) is 89.5 Å². The molecule has 3 aromatic rings. The minimum absolute atomic E-state index is 0.0928. The fourth-order valence-electron chi connectivity index (χ4n) is 6.41. The van der Waals surface area contributed by atoms with Crippen molar-refractivity contribution in [1.82, 2.24) is 0 Å². The van der Waals surface area contributed by atoms with Gasteiger partial charge in [-0.2, -0.15) is 0 Å². The van der Waals surface area contributed by atoms with Crippen LogP contribution in [0.5, 0.6) is 5.75 Å². The van der Waals surface area contributed by atoms with Crippen molar-refractivity contribution in [2.45, 2.75) is 50.2 Å². The summed E-state index contributed by atoms with van der Waals surface area (Å²) < 4.78 is 12.1. The zero-order valence-corrected chi connectivity index (χ0v) is 24.3. The van der Waals surface area contributed by atoms with Gasteiger partial charge in [-0.05, 0) is 67.5 Å². The van der Waals surface area contributed by atoms with Crippen LogP contribution in [0.25, 0.3) is 0 Å². The number of benzene rings is 3. The van der Waals surface area contributed by atoms with Crippen LogP contribution in [0.2, 0.25) is 18.6 Å². The fraction of sp³-hybridized carbons (Fsp3) is 0.355. The minimum Gasteiger partial charge on any atom is -0.497 e. The number of ether oxygens (including phenoxy) is 2. The highest BCUT2D eigenvalue weighted by Gasteiger charge is 2.66. The number of amides is 2. The van der Waals surface area contributed by atoms with Gasteiger partial charge in [0.25, 0.3) is 11.8 Å². The van der Waals surface area contributed by atoms with Crippen LogP contribution >= 0.6 is 0 Å². The van der Waals surface area contributed by atoms with E-state index >= 15 is 0 Å². The van der Waals surface area contributed by atoms with E-state index in [4.69, 9.17) is 9.47 Å². The van der Waals surface area contributed by atoms with Crippen LogP contribution in [0.15, 0.2) is 72.8 Å². The number of rotatable bonds is 8. The SMILES string of the molecule is COc1ccc2c(c1)[C@@]1(O[C@H](CCO)[C@@H]([Si](C)(C)O)[C@@H]1C)C(=O)N2Cc1ccc(NC(=O)c2ccccc2)cc1. The van der Waals surface area contributed by atoms with Gasteiger partial charge in [0.2, 0.25) is 0 Å². The first-order valence-corrected chi connectivity index (χ1v) is 16.6. The average Bonchev–Trinajstić information content (AvgIpc) is 3.36. The Hall–Kier alpha value is -3.50. The molecule has 0 saturated carbocycles. The molecule has 0 bridgehead atoms. The van der Waals surface area contributed by atoms with Gasteiger partial charge in [-0.1, -0.05) is 37.3 Å². The Bertz CT molecular complexity index is 1390. The summed E-state index contributed by atoms with van der Waals surface area (Å²) in [4.78, 5) is 39.9. The molecule has 8 nitrogen and oxygen atoms in total. The third-order valence-electron chi connectivity index (χ3n) is 8.19. The summed E-state index contributed by atoms with van der Waals surface area (Å²) in [5.74, 6) is -0.0737. The zero-order valence-electron chi connectivity index (χ0n) is 23.3. The first-order chi connectivity index (χ1) is 19.1. The molecular formula is C31H36N2O6Si. The van der Waals surface area contributed by atoms with Gasteiger partial charge in [0.1, 0.15) is 5.75 Å². The third-order valence-corrected chi connectivity index (χ3v) is 10.7. The average molecular weight is 561 g/mol. The first-order valence-electron chi connectivity index (χ1n) is 13.6. The predicted molar refractivity (Wildman–Crippen MR) is 156 cm³/mol. The molecule has 1 spiro atoms. The maximum atomic E-state index is 14.4. The Morgan fingerprint density at radius 2 is 1.80 bits per heavy atom. The molecule has 0 aromatic heterocycles. The van der Waals surface area contributed by atoms with Gasteiger partial charge in [0.15, 0.2) is 13.9 Å². The largest absolute Gasteiger partial charge is 0.497 e. The molecule has 0 aliphatic carbocycles. The Kier molecular flexibility index (Phi) is 7.58. The highest BCUT2D eigenvalue weighted by atomic mass is 28.4. The van der Waals surface area contributed by atoms with Crippen LogP contribution in [-0.4, -0.2) is 49.9 Å². The number of nitrogens with zero attached hydrogens (tertiary/aromatic N) is 1. The number of fused-ring (bicyclic) bond motifs is 2. The van der Waals surface area contributed by atoms with Crippen molar-refractivity contribution >= 4 is 31.5 Å². The molecule has 2 heterocycles. The Morgan fingerprint density at radius 1 is 1.10 bits per heavy atom. The second-order valence-electron chi connectivity index (χ2n) is 11.2. The van der Waals surface area contributed by atoms with Crippen LogP contribution in [0.3, 0.4) is 0 Å². The summed E-state index contributed by atoms with van der Waals surface area (Å²) in [5, 5.41) is 12.7. The van der Waals surface area contributed by atoms with E-state index in [1.54, 1.807) is 24.1 Å². The quantitative estimate of drug-likeness (QED) is 0.346. The number of methoxy groups -OCH3 is 1. The van der Waals surface area contributed by atoms with Crippen LogP contribution in [0, 0.1) is 5.92 Å². The Balaban J connectivity index is 1.45. The van der Waals surface area contributed by atoms with Crippen molar-refractivity contribution in [3.8, 4) is 5.75 Å². The van der Waals surface area contributed by atoms with Gasteiger partial charge < -0.3 is 29.6 Å². The lowest BCUT2D eigenvalue weighted by molar-refractivity contribution is -0.146. The fourth-order valence-corrected chi connectivity index (χ4v) is 9.01. The molecule has 0 unspecified atom stereocenters. The van der Waals surface area contributed by atoms with Crippen molar-refractivity contribution in [2.75, 3.05) is 23.9 Å². The normalized spacial score (nSPS) is 23.9. The van der Waals surface area contributed by atoms with E-state index in [0.29, 0.717) is 30.0 Å². The van der Waals surface area contributed by atoms with Crippen LogP contribution < -0.4 is 15.0 Å². The molecule has 5 rings (SSSR count). The maximum Gasteiger partial charge on any atom is 0.264 e. The van der Waals surface area contributed by atoms with E-state index in [-0.39, 0.29) is 29.9 Å². The highest BCUT2D eigenvalue weighted by molar-refractivity contribution is 6.71. The number of carbonyl (C=O) groups excluding carboxylic acids is 2. The van der Waals surface area contributed by atoms with E-state index in [1.165, 1.54) is 0 Å². The zero-order chi connectivity index (χ0) is 28.7. The molecule has 210 valence electrons. The lowest BCUT2D eigenvalue weighted by atomic mass is 9.82. The van der Waals surface area contributed by atoms with Crippen LogP contribution in [-0.2, 0) is 21.7 Å². The van der Waals surface area contributed by atoms with E-state index in [9.17, 15) is 19.5 Å². The Labute approximate surface area is 235 Å². The molecule has 0 radical (unpaired) electrons. The second-order valence-corrected chi connectivity index (χ2v) is 15.1. The van der Waals surface area contributed by atoms with Gasteiger partial charge in [-0.25, -0.2) is 0 Å². The van der Waals surface area contributed by atoms with E-state index in [0.717, 1.165) is 16.8 Å². The van der Waals surface area contributed by atoms with E-state index in [2.05, 4.69) is 5.32 Å². The molecule has 9 heteroatoms. The van der Waals surface area contributed by atoms with Gasteiger partial charge in [0.05, 0.1) is 25.4 Å². The number of nitrogens with one attached hydrogen (secondary N) is 1. The van der Waals surface area contributed by atoms with Gasteiger partial charge in [0, 0.05) is 34.9 Å². The summed E-state index contributed by atoms with van der Waals surface area (Å²) in [5.41, 5.74) is 2.05. The Morgan fingerprint density at radius 3 is 2.42 bits per heavy atom. The molecule has 2 aliphatic rings. The molecule has 2 amide bonds. The lowest BCUT2D eigenvalue weighted by Gasteiger charge is -2.32. The van der Waals surface area contributed by atoms with Crippen molar-refractivity contribution in [2.24, 2.45) is 5.92 Å². The van der Waals surface area contributed by atoms with Crippen molar-refractivity contribution < 1.29 is 29.0 Å². The molecular weight excluding hydrogens is 524 g/mol. The highest BCUT2D eigenvalue weighted by Crippen LogP contribution is 2.60. The van der Waals surface area contributed by atoms with Gasteiger partial charge >= 0.3 is 0 Å². The summed E-state index contributed by atoms with van der Waals surface area (Å²) in [6.45, 7) is 5.91. The predicted octanol–water partition coefficient (Wildman–Crippen LogP) is 4.67. The summed E-state index contributed by atoms with van der Waals surface area (Å²) >= 11 is 0. The lowest BCUT2D eigenvalue weighted by Crippen LogP contribution is -2.46. The summed E-state index contributed by atoms with van der Waals surface area (Å²) in [6, 6.07) is 22.0. The second kappa shape index (κ2) is 10.8. The number of aliphatic hydroxyl groups is 1. The van der Waals surface area contributed by atoms with Gasteiger partial charge in [-0.15, -0.1) is 0 Å². The monoisotopic (exact) mass is 560 g/mol. The standard InChI is InChI=1S/C31H36N2O6Si/c1-20-28(40(3,4)37)27(16-17-34)39-31(20)25-18-24(38-2)14-15-26(25)33(30(31)36)19-21-10-12-23(13-11-21)32-29(35)22-8-6-5-7-9-22/h5-15,18,20,27-28,34,37H,16-17,19H2,1-4H3,(H,32,35)/t20-,27+,28-,31+/m0/s1. The number of aliphatic hydroxyl groups excluding tert-OH is 1. The molecule has 3 N–H and O–H groups in total. The van der Waals surface area contributed by atoms with E-state index in [1.807, 2.05) is 80.7 Å². The van der Waals surface area contributed by atoms with Crippen molar-refractivity contribution in [1.29, 1.82) is 0 Å². The summed E-state index contributed by atoms with van der Waals surface area (Å²) in [7, 11) is -1.18. The van der Waals surface area contributed by atoms with Gasteiger partial charge in [-0.3, -0.25) is 9.59 Å². The summed E-state index contributed by atoms with van der Waals surface area (Å²) in [6.07, 6.45) is -0.0987. The van der Waals surface area contributed by atoms with Crippen LogP contribution in [0.1, 0.15) is 34.8 Å². The van der Waals surface area contributed by atoms with Crippen molar-refractivity contribution in [3.63, 3.8) is 0 Å². The smallest absolute Gasteiger partial charge is 0.264 e. The molecule has 3 aromatic carbocycles. The molecule has 2 aliphatic heterocycles. The maximum absolute atomic E-state index is 14.4. The third kappa shape index (κ3) is 4.83. The molecule has 1 fully saturated rings. The van der Waals surface area contributed by atoms with Crippen LogP contribution in [0.4, 0.5) is 11.4 Å². The molecule has 1 saturated heterocycles. The minimum atomic E-state index is -2.77. The number of anilines is 2. The van der Waals surface area contributed by atoms with E-state index < -0.39 is 20.0 Å². The topological polar surface area (TPSA) is 108 Å².